The van der Waals surface area contributed by atoms with Crippen LogP contribution in [0.25, 0.3) is 0 Å². The van der Waals surface area contributed by atoms with Gasteiger partial charge in [0.2, 0.25) is 11.8 Å². The van der Waals surface area contributed by atoms with Crippen LogP contribution in [0.5, 0.6) is 0 Å². The largest absolute Gasteiger partial charge is 0.353 e. The Morgan fingerprint density at radius 1 is 0.893 bits per heavy atom. The molecule has 1 heterocycles. The summed E-state index contributed by atoms with van der Waals surface area (Å²) < 4.78 is 0. The molecule has 0 saturated carbocycles. The molecule has 1 aromatic rings. The summed E-state index contributed by atoms with van der Waals surface area (Å²) in [7, 11) is 0. The smallest absolute Gasteiger partial charge is 0.234 e. The van der Waals surface area contributed by atoms with E-state index < -0.39 is 0 Å². The molecule has 0 aromatic heterocycles. The van der Waals surface area contributed by atoms with E-state index in [4.69, 9.17) is 0 Å². The highest BCUT2D eigenvalue weighted by molar-refractivity contribution is 5.79. The number of rotatable bonds is 9. The van der Waals surface area contributed by atoms with E-state index in [2.05, 4.69) is 58.5 Å². The van der Waals surface area contributed by atoms with Crippen molar-refractivity contribution < 1.29 is 9.59 Å². The Balaban J connectivity index is 1.70. The van der Waals surface area contributed by atoms with Crippen LogP contribution in [0.15, 0.2) is 24.3 Å². The molecule has 6 nitrogen and oxygen atoms in total. The van der Waals surface area contributed by atoms with Gasteiger partial charge in [-0.3, -0.25) is 19.4 Å². The second-order valence-corrected chi connectivity index (χ2v) is 7.81. The molecule has 1 aliphatic rings. The Hall–Kier alpha value is -1.92. The molecule has 1 aromatic carbocycles. The molecule has 2 atom stereocenters. The summed E-state index contributed by atoms with van der Waals surface area (Å²) in [6, 6.07) is 8.64. The summed E-state index contributed by atoms with van der Waals surface area (Å²) >= 11 is 0. The topological polar surface area (TPSA) is 64.7 Å². The minimum Gasteiger partial charge on any atom is -0.353 e. The lowest BCUT2D eigenvalue weighted by atomic mass is 10.1. The molecule has 1 fully saturated rings. The van der Waals surface area contributed by atoms with E-state index in [-0.39, 0.29) is 23.9 Å². The van der Waals surface area contributed by atoms with Crippen LogP contribution in [0.1, 0.15) is 51.3 Å². The van der Waals surface area contributed by atoms with Gasteiger partial charge in [-0.25, -0.2) is 0 Å². The standard InChI is InChI=1S/C22H36N4O2/c1-5-17(3)23-21(27)15-25-11-13-26(14-12-25)16-22(28)24-18(4)20-9-7-19(6-2)8-10-20/h7-10,17-18H,5-6,11-16H2,1-4H3,(H,23,27)(H,24,28). The average molecular weight is 389 g/mol. The fourth-order valence-corrected chi connectivity index (χ4v) is 3.35. The molecule has 2 N–H and O–H groups in total. The van der Waals surface area contributed by atoms with E-state index in [9.17, 15) is 9.59 Å². The van der Waals surface area contributed by atoms with Gasteiger partial charge in [0.1, 0.15) is 0 Å². The zero-order chi connectivity index (χ0) is 20.5. The summed E-state index contributed by atoms with van der Waals surface area (Å²) in [5.74, 6) is 0.137. The lowest BCUT2D eigenvalue weighted by Crippen LogP contribution is -2.52. The van der Waals surface area contributed by atoms with Crippen molar-refractivity contribution in [1.82, 2.24) is 20.4 Å². The number of piperazine rings is 1. The molecule has 0 aliphatic carbocycles. The number of nitrogens with one attached hydrogen (secondary N) is 2. The van der Waals surface area contributed by atoms with Crippen molar-refractivity contribution in [2.45, 2.75) is 52.6 Å². The number of carbonyl (C=O) groups is 2. The molecular formula is C22H36N4O2. The fourth-order valence-electron chi connectivity index (χ4n) is 3.35. The van der Waals surface area contributed by atoms with Crippen LogP contribution < -0.4 is 10.6 Å². The fraction of sp³-hybridized carbons (Fsp3) is 0.636. The van der Waals surface area contributed by atoms with Crippen LogP contribution in [0, 0.1) is 0 Å². The van der Waals surface area contributed by atoms with Gasteiger partial charge in [-0.15, -0.1) is 0 Å². The van der Waals surface area contributed by atoms with Crippen molar-refractivity contribution in [2.24, 2.45) is 0 Å². The lowest BCUT2D eigenvalue weighted by Gasteiger charge is -2.34. The summed E-state index contributed by atoms with van der Waals surface area (Å²) in [5.41, 5.74) is 2.43. The van der Waals surface area contributed by atoms with Crippen molar-refractivity contribution in [3.63, 3.8) is 0 Å². The third-order valence-corrected chi connectivity index (χ3v) is 5.48. The number of hydrogen-bond donors (Lipinski definition) is 2. The highest BCUT2D eigenvalue weighted by Crippen LogP contribution is 2.14. The van der Waals surface area contributed by atoms with Crippen molar-refractivity contribution >= 4 is 11.8 Å². The molecule has 28 heavy (non-hydrogen) atoms. The highest BCUT2D eigenvalue weighted by Gasteiger charge is 2.21. The van der Waals surface area contributed by atoms with Gasteiger partial charge in [-0.05, 0) is 37.8 Å². The second-order valence-electron chi connectivity index (χ2n) is 7.81. The molecule has 2 amide bonds. The van der Waals surface area contributed by atoms with Crippen LogP contribution in [0.3, 0.4) is 0 Å². The van der Waals surface area contributed by atoms with Crippen LogP contribution in [0.2, 0.25) is 0 Å². The first kappa shape index (κ1) is 22.4. The van der Waals surface area contributed by atoms with E-state index in [1.807, 2.05) is 13.8 Å². The van der Waals surface area contributed by atoms with Gasteiger partial charge < -0.3 is 10.6 Å². The number of amides is 2. The van der Waals surface area contributed by atoms with E-state index >= 15 is 0 Å². The molecule has 2 unspecified atom stereocenters. The Morgan fingerprint density at radius 2 is 1.39 bits per heavy atom. The van der Waals surface area contributed by atoms with Gasteiger partial charge >= 0.3 is 0 Å². The number of carbonyl (C=O) groups excluding carboxylic acids is 2. The SMILES string of the molecule is CCc1ccc(C(C)NC(=O)CN2CCN(CC(=O)NC(C)CC)CC2)cc1. The first-order chi connectivity index (χ1) is 13.4. The van der Waals surface area contributed by atoms with Gasteiger partial charge in [0.25, 0.3) is 0 Å². The maximum atomic E-state index is 12.4. The molecule has 156 valence electrons. The average Bonchev–Trinajstić information content (AvgIpc) is 2.69. The molecule has 0 spiro atoms. The first-order valence-electron chi connectivity index (χ1n) is 10.5. The number of hydrogen-bond acceptors (Lipinski definition) is 4. The van der Waals surface area contributed by atoms with Crippen LogP contribution in [0.4, 0.5) is 0 Å². The summed E-state index contributed by atoms with van der Waals surface area (Å²) in [4.78, 5) is 28.7. The zero-order valence-corrected chi connectivity index (χ0v) is 17.8. The Morgan fingerprint density at radius 3 is 1.86 bits per heavy atom. The van der Waals surface area contributed by atoms with Crippen molar-refractivity contribution in [1.29, 1.82) is 0 Å². The number of benzene rings is 1. The molecule has 1 saturated heterocycles. The van der Waals surface area contributed by atoms with Crippen LogP contribution >= 0.6 is 0 Å². The number of aryl methyl sites for hydroxylation is 1. The van der Waals surface area contributed by atoms with Gasteiger partial charge in [-0.2, -0.15) is 0 Å². The van der Waals surface area contributed by atoms with Crippen molar-refractivity contribution in [3.8, 4) is 0 Å². The predicted molar refractivity (Wildman–Crippen MR) is 113 cm³/mol. The molecule has 1 aliphatic heterocycles. The summed E-state index contributed by atoms with van der Waals surface area (Å²) in [6.45, 7) is 12.3. The summed E-state index contributed by atoms with van der Waals surface area (Å²) in [5, 5.41) is 6.10. The van der Waals surface area contributed by atoms with Gasteiger partial charge in [0.05, 0.1) is 19.1 Å². The minimum atomic E-state index is 0.00365. The monoisotopic (exact) mass is 388 g/mol. The normalized spacial score (nSPS) is 17.7. The van der Waals surface area contributed by atoms with Gasteiger partial charge in [-0.1, -0.05) is 38.1 Å². The maximum absolute atomic E-state index is 12.4. The van der Waals surface area contributed by atoms with E-state index in [0.29, 0.717) is 13.1 Å². The van der Waals surface area contributed by atoms with Gasteiger partial charge in [0.15, 0.2) is 0 Å². The molecule has 0 bridgehead atoms. The third kappa shape index (κ3) is 7.24. The molecule has 6 heteroatoms. The van der Waals surface area contributed by atoms with Gasteiger partial charge in [0, 0.05) is 32.2 Å². The Labute approximate surface area is 169 Å². The lowest BCUT2D eigenvalue weighted by molar-refractivity contribution is -0.125. The van der Waals surface area contributed by atoms with Crippen molar-refractivity contribution in [3.05, 3.63) is 35.4 Å². The first-order valence-corrected chi connectivity index (χ1v) is 10.5. The van der Waals surface area contributed by atoms with Crippen molar-refractivity contribution in [2.75, 3.05) is 39.3 Å². The minimum absolute atomic E-state index is 0.00365. The van der Waals surface area contributed by atoms with Crippen LogP contribution in [-0.4, -0.2) is 66.9 Å². The number of nitrogens with zero attached hydrogens (tertiary/aromatic N) is 2. The van der Waals surface area contributed by atoms with E-state index in [1.54, 1.807) is 0 Å². The van der Waals surface area contributed by atoms with Crippen LogP contribution in [-0.2, 0) is 16.0 Å². The quantitative estimate of drug-likeness (QED) is 0.679. The van der Waals surface area contributed by atoms with E-state index in [1.165, 1.54) is 5.56 Å². The predicted octanol–water partition coefficient (Wildman–Crippen LogP) is 1.96. The van der Waals surface area contributed by atoms with E-state index in [0.717, 1.165) is 44.6 Å². The maximum Gasteiger partial charge on any atom is 0.234 e. The highest BCUT2D eigenvalue weighted by atomic mass is 16.2. The third-order valence-electron chi connectivity index (χ3n) is 5.48. The molecular weight excluding hydrogens is 352 g/mol. The molecule has 0 radical (unpaired) electrons. The summed E-state index contributed by atoms with van der Waals surface area (Å²) in [6.07, 6.45) is 1.96. The second kappa shape index (κ2) is 11.2. The Bertz CT molecular complexity index is 624. The zero-order valence-electron chi connectivity index (χ0n) is 17.8. The Kier molecular flexibility index (Phi) is 8.93. The molecule has 2 rings (SSSR count).